The van der Waals surface area contributed by atoms with E-state index in [4.69, 9.17) is 5.73 Å². The standard InChI is InChI=1S/C14H19F2NS/c15-14(16)6-4-13(9-17,5-7-14)12-8-10-2-1-3-11(10)18-12/h8H,1-7,9,17H2. The van der Waals surface area contributed by atoms with Gasteiger partial charge in [-0.15, -0.1) is 11.3 Å². The van der Waals surface area contributed by atoms with Crippen LogP contribution in [0.15, 0.2) is 6.07 Å². The molecule has 3 rings (SSSR count). The number of hydrogen-bond donors (Lipinski definition) is 1. The Labute approximate surface area is 110 Å². The van der Waals surface area contributed by atoms with Crippen LogP contribution in [0.1, 0.15) is 47.4 Å². The Bertz CT molecular complexity index is 421. The minimum absolute atomic E-state index is 0.00718. The fourth-order valence-electron chi connectivity index (χ4n) is 3.24. The number of aryl methyl sites for hydroxylation is 2. The fraction of sp³-hybridized carbons (Fsp3) is 0.714. The molecule has 1 saturated carbocycles. The molecule has 2 N–H and O–H groups in total. The molecule has 0 spiro atoms. The molecule has 2 aliphatic carbocycles. The number of nitrogens with two attached hydrogens (primary N) is 1. The lowest BCUT2D eigenvalue weighted by Gasteiger charge is -2.38. The van der Waals surface area contributed by atoms with Crippen molar-refractivity contribution in [2.45, 2.75) is 56.3 Å². The first-order chi connectivity index (χ1) is 8.55. The average Bonchev–Trinajstić information content (AvgIpc) is 2.90. The first-order valence-electron chi connectivity index (χ1n) is 6.75. The SMILES string of the molecule is NCC1(c2cc3c(s2)CCC3)CCC(F)(F)CC1. The fourth-order valence-corrected chi connectivity index (χ4v) is 4.74. The molecular weight excluding hydrogens is 252 g/mol. The molecule has 4 heteroatoms. The molecule has 18 heavy (non-hydrogen) atoms. The summed E-state index contributed by atoms with van der Waals surface area (Å²) < 4.78 is 26.6. The number of halogens is 2. The minimum atomic E-state index is -2.47. The maximum atomic E-state index is 13.3. The van der Waals surface area contributed by atoms with Crippen LogP contribution in [0.2, 0.25) is 0 Å². The zero-order chi connectivity index (χ0) is 12.8. The second kappa shape index (κ2) is 4.27. The van der Waals surface area contributed by atoms with Gasteiger partial charge in [0.25, 0.3) is 0 Å². The normalized spacial score (nSPS) is 25.1. The van der Waals surface area contributed by atoms with Crippen molar-refractivity contribution in [1.82, 2.24) is 0 Å². The Morgan fingerprint density at radius 3 is 2.50 bits per heavy atom. The van der Waals surface area contributed by atoms with Crippen LogP contribution >= 0.6 is 11.3 Å². The number of hydrogen-bond acceptors (Lipinski definition) is 2. The lowest BCUT2D eigenvalue weighted by Crippen LogP contribution is -2.41. The van der Waals surface area contributed by atoms with Crippen LogP contribution in [0.4, 0.5) is 8.78 Å². The van der Waals surface area contributed by atoms with Gasteiger partial charge in [0.15, 0.2) is 0 Å². The molecule has 0 aromatic carbocycles. The number of rotatable bonds is 2. The highest BCUT2D eigenvalue weighted by Crippen LogP contribution is 2.48. The van der Waals surface area contributed by atoms with Gasteiger partial charge in [-0.3, -0.25) is 0 Å². The van der Waals surface area contributed by atoms with E-state index < -0.39 is 5.92 Å². The average molecular weight is 271 g/mol. The molecule has 0 radical (unpaired) electrons. The van der Waals surface area contributed by atoms with Crippen molar-refractivity contribution in [2.75, 3.05) is 6.54 Å². The van der Waals surface area contributed by atoms with Crippen molar-refractivity contribution >= 4 is 11.3 Å². The van der Waals surface area contributed by atoms with Gasteiger partial charge in [0, 0.05) is 34.6 Å². The van der Waals surface area contributed by atoms with Crippen LogP contribution in [0, 0.1) is 0 Å². The van der Waals surface area contributed by atoms with Gasteiger partial charge in [-0.05, 0) is 43.7 Å². The molecule has 1 nitrogen and oxygen atoms in total. The van der Waals surface area contributed by atoms with Gasteiger partial charge < -0.3 is 5.73 Å². The van der Waals surface area contributed by atoms with E-state index in [9.17, 15) is 8.78 Å². The molecule has 100 valence electrons. The third kappa shape index (κ3) is 1.99. The largest absolute Gasteiger partial charge is 0.330 e. The summed E-state index contributed by atoms with van der Waals surface area (Å²) in [5.74, 6) is -2.47. The smallest absolute Gasteiger partial charge is 0.248 e. The molecule has 0 aliphatic heterocycles. The van der Waals surface area contributed by atoms with Crippen LogP contribution in [0.25, 0.3) is 0 Å². The highest BCUT2D eigenvalue weighted by molar-refractivity contribution is 7.12. The topological polar surface area (TPSA) is 26.0 Å². The van der Waals surface area contributed by atoms with E-state index in [0.29, 0.717) is 19.4 Å². The summed E-state index contributed by atoms with van der Waals surface area (Å²) in [5, 5.41) is 0. The molecule has 0 bridgehead atoms. The highest BCUT2D eigenvalue weighted by Gasteiger charge is 2.44. The maximum Gasteiger partial charge on any atom is 0.248 e. The second-order valence-corrected chi connectivity index (χ2v) is 6.89. The number of thiophene rings is 1. The molecule has 0 unspecified atom stereocenters. The van der Waals surface area contributed by atoms with Crippen molar-refractivity contribution in [1.29, 1.82) is 0 Å². The Balaban J connectivity index is 1.87. The lowest BCUT2D eigenvalue weighted by atomic mass is 9.71. The van der Waals surface area contributed by atoms with E-state index >= 15 is 0 Å². The zero-order valence-corrected chi connectivity index (χ0v) is 11.3. The van der Waals surface area contributed by atoms with Gasteiger partial charge in [0.2, 0.25) is 5.92 Å². The third-order valence-electron chi connectivity index (χ3n) is 4.60. The second-order valence-electron chi connectivity index (χ2n) is 5.75. The van der Waals surface area contributed by atoms with Gasteiger partial charge in [-0.25, -0.2) is 8.78 Å². The predicted octanol–water partition coefficient (Wildman–Crippen LogP) is 3.64. The summed E-state index contributed by atoms with van der Waals surface area (Å²) in [4.78, 5) is 2.74. The highest BCUT2D eigenvalue weighted by atomic mass is 32.1. The number of alkyl halides is 2. The Morgan fingerprint density at radius 2 is 1.89 bits per heavy atom. The zero-order valence-electron chi connectivity index (χ0n) is 10.5. The maximum absolute atomic E-state index is 13.3. The van der Waals surface area contributed by atoms with Crippen LogP contribution in [0.5, 0.6) is 0 Å². The molecule has 1 heterocycles. The van der Waals surface area contributed by atoms with Crippen LogP contribution < -0.4 is 5.73 Å². The molecular formula is C14H19F2NS. The van der Waals surface area contributed by atoms with Gasteiger partial charge in [-0.1, -0.05) is 0 Å². The Hall–Kier alpha value is -0.480. The quantitative estimate of drug-likeness (QED) is 0.873. The van der Waals surface area contributed by atoms with Gasteiger partial charge in [0.1, 0.15) is 0 Å². The predicted molar refractivity (Wildman–Crippen MR) is 70.5 cm³/mol. The van der Waals surface area contributed by atoms with Gasteiger partial charge in [-0.2, -0.15) is 0 Å². The molecule has 0 saturated heterocycles. The summed E-state index contributed by atoms with van der Waals surface area (Å²) in [6.45, 7) is 0.502. The molecule has 0 amide bonds. The summed E-state index contributed by atoms with van der Waals surface area (Å²) in [7, 11) is 0. The third-order valence-corrected chi connectivity index (χ3v) is 6.08. The summed E-state index contributed by atoms with van der Waals surface area (Å²) in [5.41, 5.74) is 7.21. The summed E-state index contributed by atoms with van der Waals surface area (Å²) in [6, 6.07) is 2.25. The van der Waals surface area contributed by atoms with Crippen molar-refractivity contribution in [2.24, 2.45) is 5.73 Å². The number of fused-ring (bicyclic) bond motifs is 1. The van der Waals surface area contributed by atoms with E-state index in [1.165, 1.54) is 21.7 Å². The first-order valence-corrected chi connectivity index (χ1v) is 7.56. The molecule has 2 aliphatic rings. The van der Waals surface area contributed by atoms with Crippen LogP contribution in [-0.2, 0) is 18.3 Å². The minimum Gasteiger partial charge on any atom is -0.330 e. The lowest BCUT2D eigenvalue weighted by molar-refractivity contribution is -0.0504. The van der Waals surface area contributed by atoms with E-state index in [1.807, 2.05) is 11.3 Å². The van der Waals surface area contributed by atoms with E-state index in [-0.39, 0.29) is 18.3 Å². The van der Waals surface area contributed by atoms with E-state index in [1.54, 1.807) is 0 Å². The van der Waals surface area contributed by atoms with E-state index in [2.05, 4.69) is 6.07 Å². The molecule has 1 aromatic heterocycles. The Morgan fingerprint density at radius 1 is 1.17 bits per heavy atom. The van der Waals surface area contributed by atoms with Crippen LogP contribution in [0.3, 0.4) is 0 Å². The van der Waals surface area contributed by atoms with Crippen molar-refractivity contribution in [3.05, 3.63) is 21.4 Å². The first kappa shape index (κ1) is 12.5. The molecule has 0 atom stereocenters. The van der Waals surface area contributed by atoms with E-state index in [0.717, 1.165) is 12.8 Å². The van der Waals surface area contributed by atoms with Crippen LogP contribution in [-0.4, -0.2) is 12.5 Å². The summed E-state index contributed by atoms with van der Waals surface area (Å²) in [6.07, 6.45) is 4.62. The molecule has 1 aromatic rings. The van der Waals surface area contributed by atoms with Gasteiger partial charge >= 0.3 is 0 Å². The van der Waals surface area contributed by atoms with Gasteiger partial charge in [0.05, 0.1) is 0 Å². The van der Waals surface area contributed by atoms with Crippen molar-refractivity contribution < 1.29 is 8.78 Å². The summed E-state index contributed by atoms with van der Waals surface area (Å²) >= 11 is 1.83. The monoisotopic (exact) mass is 271 g/mol. The van der Waals surface area contributed by atoms with Crippen molar-refractivity contribution in [3.8, 4) is 0 Å². The van der Waals surface area contributed by atoms with Crippen molar-refractivity contribution in [3.63, 3.8) is 0 Å². The molecule has 1 fully saturated rings. The Kier molecular flexibility index (Phi) is 2.98.